The molecule has 1 heterocycles. The lowest BCUT2D eigenvalue weighted by Gasteiger charge is -2.23. The molecule has 11 nitrogen and oxygen atoms in total. The summed E-state index contributed by atoms with van der Waals surface area (Å²) in [6, 6.07) is -0.586. The number of rotatable bonds is 7. The first kappa shape index (κ1) is 20.5. The third-order valence-corrected chi connectivity index (χ3v) is 6.66. The van der Waals surface area contributed by atoms with Crippen molar-refractivity contribution in [3.63, 3.8) is 0 Å². The van der Waals surface area contributed by atoms with E-state index in [0.717, 1.165) is 0 Å². The van der Waals surface area contributed by atoms with E-state index < -0.39 is 41.7 Å². The van der Waals surface area contributed by atoms with Crippen LogP contribution < -0.4 is 0 Å². The molecule has 0 saturated carbocycles. The Hall–Kier alpha value is 0.435. The average molecular weight is 380 g/mol. The van der Waals surface area contributed by atoms with E-state index in [4.69, 9.17) is 27.3 Å². The van der Waals surface area contributed by atoms with E-state index in [-0.39, 0.29) is 5.92 Å². The predicted octanol–water partition coefficient (Wildman–Crippen LogP) is 0.638. The van der Waals surface area contributed by atoms with E-state index in [0.29, 0.717) is 6.42 Å². The van der Waals surface area contributed by atoms with Crippen molar-refractivity contribution >= 4 is 31.3 Å². The maximum Gasteiger partial charge on any atom is 0.490 e. The van der Waals surface area contributed by atoms with Crippen molar-refractivity contribution in [3.8, 4) is 0 Å². The molecule has 0 aliphatic carbocycles. The van der Waals surface area contributed by atoms with Crippen molar-refractivity contribution < 1.29 is 51.2 Å². The van der Waals surface area contributed by atoms with Gasteiger partial charge in [0.2, 0.25) is 0 Å². The molecule has 6 unspecified atom stereocenters. The smallest absolute Gasteiger partial charge is 0.382 e. The molecule has 0 bridgehead atoms. The summed E-state index contributed by atoms with van der Waals surface area (Å²) < 4.78 is 50.3. The van der Waals surface area contributed by atoms with Crippen molar-refractivity contribution in [1.29, 1.82) is 0 Å². The quantitative estimate of drug-likeness (QED) is 0.361. The number of hydrogen-bond donors (Lipinski definition) is 4. The summed E-state index contributed by atoms with van der Waals surface area (Å²) in [5.41, 5.74) is 0. The normalized spacial score (nSPS) is 33.1. The molecule has 1 saturated heterocycles. The monoisotopic (exact) mass is 380 g/mol. The van der Waals surface area contributed by atoms with Crippen LogP contribution in [-0.2, 0) is 31.6 Å². The first-order valence-electron chi connectivity index (χ1n) is 5.94. The number of hydrogen-bond acceptors (Lipinski definition) is 7. The molecule has 15 heteroatoms. The standard InChI is InChI=1S/C7H16BO11P3/c1-4-3-6(16-7(4)8)5(2)17-21(12,13)19-22(14,15)18-20(9,10)11/h4-7H,3H2,1-2H3,(H,12,13)(H,14,15)(H2,9,10,11). The molecule has 0 spiro atoms. The lowest BCUT2D eigenvalue weighted by Crippen LogP contribution is -2.26. The molecule has 128 valence electrons. The molecule has 0 aromatic heterocycles. The minimum absolute atomic E-state index is 0.0306. The van der Waals surface area contributed by atoms with Gasteiger partial charge in [-0.2, -0.15) is 8.62 Å². The Morgan fingerprint density at radius 3 is 2.09 bits per heavy atom. The summed E-state index contributed by atoms with van der Waals surface area (Å²) in [4.78, 5) is 35.2. The fourth-order valence-electron chi connectivity index (χ4n) is 1.77. The van der Waals surface area contributed by atoms with Gasteiger partial charge in [-0.3, -0.25) is 4.52 Å². The Morgan fingerprint density at radius 1 is 1.14 bits per heavy atom. The maximum absolute atomic E-state index is 11.6. The summed E-state index contributed by atoms with van der Waals surface area (Å²) in [5.74, 6) is -0.0306. The molecular formula is C7H16BO11P3. The second-order valence-electron chi connectivity index (χ2n) is 4.75. The van der Waals surface area contributed by atoms with Gasteiger partial charge in [0.05, 0.1) is 12.2 Å². The van der Waals surface area contributed by atoms with E-state index in [1.165, 1.54) is 6.92 Å². The molecule has 1 fully saturated rings. The largest absolute Gasteiger partial charge is 0.490 e. The van der Waals surface area contributed by atoms with Crippen LogP contribution in [-0.4, -0.2) is 45.6 Å². The molecule has 1 rings (SSSR count). The van der Waals surface area contributed by atoms with Gasteiger partial charge in [-0.05, 0) is 19.3 Å². The molecule has 22 heavy (non-hydrogen) atoms. The molecule has 1 aliphatic heterocycles. The van der Waals surface area contributed by atoms with Crippen LogP contribution in [0.25, 0.3) is 0 Å². The lowest BCUT2D eigenvalue weighted by molar-refractivity contribution is -0.00466. The average Bonchev–Trinajstić information content (AvgIpc) is 2.52. The van der Waals surface area contributed by atoms with Gasteiger partial charge in [0.15, 0.2) is 0 Å². The van der Waals surface area contributed by atoms with Crippen LogP contribution in [0.2, 0.25) is 0 Å². The first-order chi connectivity index (χ1) is 9.71. The molecule has 0 aromatic carbocycles. The van der Waals surface area contributed by atoms with Crippen LogP contribution in [0.1, 0.15) is 20.3 Å². The zero-order valence-corrected chi connectivity index (χ0v) is 14.3. The first-order valence-corrected chi connectivity index (χ1v) is 10.5. The summed E-state index contributed by atoms with van der Waals surface area (Å²) in [6.07, 6.45) is -1.28. The summed E-state index contributed by atoms with van der Waals surface area (Å²) >= 11 is 0. The van der Waals surface area contributed by atoms with Gasteiger partial charge in [-0.15, -0.1) is 0 Å². The van der Waals surface area contributed by atoms with E-state index in [1.807, 2.05) is 0 Å². The summed E-state index contributed by atoms with van der Waals surface area (Å²) in [7, 11) is -10.5. The van der Waals surface area contributed by atoms with Crippen LogP contribution in [0.15, 0.2) is 0 Å². The molecule has 4 N–H and O–H groups in total. The van der Waals surface area contributed by atoms with E-state index in [1.54, 1.807) is 6.92 Å². The molecule has 1 aliphatic rings. The second-order valence-corrected chi connectivity index (χ2v) is 9.13. The van der Waals surface area contributed by atoms with Crippen LogP contribution in [0.3, 0.4) is 0 Å². The molecule has 0 aromatic rings. The van der Waals surface area contributed by atoms with Crippen LogP contribution >= 0.6 is 23.5 Å². The van der Waals surface area contributed by atoms with Gasteiger partial charge in [-0.25, -0.2) is 13.7 Å². The molecular weight excluding hydrogens is 364 g/mol. The SMILES string of the molecule is [B]C1OC(C(C)OP(=O)(O)OP(=O)(O)OP(=O)(O)O)CC1C. The minimum Gasteiger partial charge on any atom is -0.382 e. The number of phosphoric ester groups is 1. The van der Waals surface area contributed by atoms with Crippen LogP contribution in [0, 0.1) is 5.92 Å². The minimum atomic E-state index is -5.51. The van der Waals surface area contributed by atoms with Crippen molar-refractivity contribution in [2.75, 3.05) is 0 Å². The number of phosphoric acid groups is 3. The van der Waals surface area contributed by atoms with E-state index >= 15 is 0 Å². The van der Waals surface area contributed by atoms with Crippen molar-refractivity contribution in [1.82, 2.24) is 0 Å². The van der Waals surface area contributed by atoms with Gasteiger partial charge in [0, 0.05) is 6.00 Å². The zero-order chi connectivity index (χ0) is 17.3. The Balaban J connectivity index is 2.65. The molecule has 0 amide bonds. The highest BCUT2D eigenvalue weighted by Gasteiger charge is 2.43. The topological polar surface area (TPSA) is 169 Å². The highest BCUT2D eigenvalue weighted by atomic mass is 31.3. The Bertz CT molecular complexity index is 524. The fraction of sp³-hybridized carbons (Fsp3) is 1.00. The summed E-state index contributed by atoms with van der Waals surface area (Å²) in [5, 5.41) is 0. The second kappa shape index (κ2) is 7.13. The Kier molecular flexibility index (Phi) is 6.64. The number of ether oxygens (including phenoxy) is 1. The van der Waals surface area contributed by atoms with E-state index in [2.05, 4.69) is 13.1 Å². The Morgan fingerprint density at radius 2 is 1.68 bits per heavy atom. The highest BCUT2D eigenvalue weighted by molar-refractivity contribution is 7.66. The van der Waals surface area contributed by atoms with Gasteiger partial charge in [0.1, 0.15) is 7.85 Å². The van der Waals surface area contributed by atoms with Gasteiger partial charge in [0.25, 0.3) is 0 Å². The third kappa shape index (κ3) is 6.90. The van der Waals surface area contributed by atoms with E-state index in [9.17, 15) is 18.6 Å². The van der Waals surface area contributed by atoms with Crippen LogP contribution in [0.5, 0.6) is 0 Å². The maximum atomic E-state index is 11.6. The van der Waals surface area contributed by atoms with Crippen LogP contribution in [0.4, 0.5) is 0 Å². The van der Waals surface area contributed by atoms with Crippen molar-refractivity contribution in [2.45, 2.75) is 38.5 Å². The zero-order valence-electron chi connectivity index (χ0n) is 11.6. The molecule has 6 atom stereocenters. The Labute approximate surface area is 127 Å². The fourth-order valence-corrected chi connectivity index (χ4v) is 4.99. The summed E-state index contributed by atoms with van der Waals surface area (Å²) in [6.45, 7) is 3.13. The molecule has 2 radical (unpaired) electrons. The van der Waals surface area contributed by atoms with Gasteiger partial charge in [-0.1, -0.05) is 6.92 Å². The van der Waals surface area contributed by atoms with Gasteiger partial charge >= 0.3 is 23.5 Å². The van der Waals surface area contributed by atoms with Gasteiger partial charge < -0.3 is 24.3 Å². The van der Waals surface area contributed by atoms with Crippen molar-refractivity contribution in [2.24, 2.45) is 5.92 Å². The lowest BCUT2D eigenvalue weighted by atomic mass is 9.87. The predicted molar refractivity (Wildman–Crippen MR) is 72.6 cm³/mol. The third-order valence-electron chi connectivity index (χ3n) is 2.74. The highest BCUT2D eigenvalue weighted by Crippen LogP contribution is 2.66. The van der Waals surface area contributed by atoms with Crippen molar-refractivity contribution in [3.05, 3.63) is 0 Å².